The maximum Gasteiger partial charge on any atom is 0.328 e. The Labute approximate surface area is 201 Å². The summed E-state index contributed by atoms with van der Waals surface area (Å²) in [6.45, 7) is 6.21. The van der Waals surface area contributed by atoms with Gasteiger partial charge < -0.3 is 10.6 Å². The van der Waals surface area contributed by atoms with Gasteiger partial charge >= 0.3 is 12.1 Å². The summed E-state index contributed by atoms with van der Waals surface area (Å²) in [5.74, 6) is 0.165. The fourth-order valence-electron chi connectivity index (χ4n) is 4.41. The average Bonchev–Trinajstić information content (AvgIpc) is 3.08. The number of sulfonamides is 1. The summed E-state index contributed by atoms with van der Waals surface area (Å²) in [7, 11) is -3.98. The number of carbonyl (C=O) groups excluding carboxylic acids is 3. The molecule has 186 valence electrons. The first-order chi connectivity index (χ1) is 16.1. The molecule has 0 radical (unpaired) electrons. The van der Waals surface area contributed by atoms with Crippen LogP contribution in [0.4, 0.5) is 9.59 Å². The van der Waals surface area contributed by atoms with Crippen molar-refractivity contribution in [3.8, 4) is 0 Å². The largest absolute Gasteiger partial charge is 0.337 e. The van der Waals surface area contributed by atoms with Gasteiger partial charge in [-0.3, -0.25) is 4.79 Å². The summed E-state index contributed by atoms with van der Waals surface area (Å²) in [4.78, 5) is 37.9. The third-order valence-corrected chi connectivity index (χ3v) is 7.89. The molecule has 1 saturated carbocycles. The molecule has 1 fully saturated rings. The van der Waals surface area contributed by atoms with Gasteiger partial charge in [0, 0.05) is 18.8 Å². The van der Waals surface area contributed by atoms with Crippen LogP contribution in [0.1, 0.15) is 58.4 Å². The van der Waals surface area contributed by atoms with Crippen molar-refractivity contribution < 1.29 is 22.8 Å². The van der Waals surface area contributed by atoms with Gasteiger partial charge in [-0.05, 0) is 74.6 Å². The molecule has 10 heteroatoms. The number of benzene rings is 1. The Morgan fingerprint density at radius 3 is 2.32 bits per heavy atom. The summed E-state index contributed by atoms with van der Waals surface area (Å²) in [6.07, 6.45) is 6.41. The van der Waals surface area contributed by atoms with Crippen molar-refractivity contribution in [1.82, 2.24) is 20.3 Å². The van der Waals surface area contributed by atoms with E-state index in [1.807, 2.05) is 13.8 Å². The zero-order valence-corrected chi connectivity index (χ0v) is 20.8. The molecule has 5 amide bonds. The lowest BCUT2D eigenvalue weighted by Crippen LogP contribution is -2.45. The van der Waals surface area contributed by atoms with Crippen molar-refractivity contribution in [2.45, 2.75) is 70.2 Å². The van der Waals surface area contributed by atoms with E-state index < -0.39 is 22.1 Å². The van der Waals surface area contributed by atoms with E-state index in [1.165, 1.54) is 12.1 Å². The Kier molecular flexibility index (Phi) is 8.35. The lowest BCUT2D eigenvalue weighted by molar-refractivity contribution is -0.127. The topological polar surface area (TPSA) is 125 Å². The average molecular weight is 491 g/mol. The molecular formula is C24H34N4O5S. The highest BCUT2D eigenvalue weighted by Crippen LogP contribution is 2.25. The van der Waals surface area contributed by atoms with E-state index >= 15 is 0 Å². The number of nitrogens with one attached hydrogen (secondary N) is 3. The summed E-state index contributed by atoms with van der Waals surface area (Å²) < 4.78 is 27.1. The molecule has 0 spiro atoms. The van der Waals surface area contributed by atoms with Crippen molar-refractivity contribution in [3.05, 3.63) is 41.6 Å². The first-order valence-corrected chi connectivity index (χ1v) is 13.3. The van der Waals surface area contributed by atoms with Crippen LogP contribution >= 0.6 is 0 Å². The summed E-state index contributed by atoms with van der Waals surface area (Å²) in [5, 5.41) is 5.47. The fourth-order valence-corrected chi connectivity index (χ4v) is 5.32. The number of imide groups is 1. The zero-order chi connectivity index (χ0) is 24.9. The van der Waals surface area contributed by atoms with E-state index in [4.69, 9.17) is 0 Å². The van der Waals surface area contributed by atoms with Gasteiger partial charge in [0.2, 0.25) is 5.91 Å². The van der Waals surface area contributed by atoms with Crippen LogP contribution in [0.3, 0.4) is 0 Å². The number of hydrogen-bond donors (Lipinski definition) is 3. The van der Waals surface area contributed by atoms with Gasteiger partial charge in [-0.15, -0.1) is 0 Å². The molecule has 1 aliphatic carbocycles. The standard InChI is InChI=1S/C24H34N4O5S/c1-4-21-17(3)15-28(22(21)29)24(31)25-14-13-18-7-11-20(12-8-18)34(32,33)27-23(30)26-19-9-5-16(2)6-10-19/h7-8,11-12,15-16,19,21H,4-6,9-10,13-14H2,1-3H3,(H,25,31)(H2,26,27,30). The normalized spacial score (nSPS) is 22.8. The zero-order valence-electron chi connectivity index (χ0n) is 20.0. The molecular weight excluding hydrogens is 456 g/mol. The van der Waals surface area contributed by atoms with Crippen LogP contribution in [0.5, 0.6) is 0 Å². The highest BCUT2D eigenvalue weighted by Gasteiger charge is 2.33. The summed E-state index contributed by atoms with van der Waals surface area (Å²) in [5.41, 5.74) is 1.68. The predicted octanol–water partition coefficient (Wildman–Crippen LogP) is 3.28. The van der Waals surface area contributed by atoms with Gasteiger partial charge in [-0.1, -0.05) is 26.0 Å². The molecule has 0 saturated heterocycles. The van der Waals surface area contributed by atoms with Crippen molar-refractivity contribution >= 4 is 28.0 Å². The minimum Gasteiger partial charge on any atom is -0.337 e. The second-order valence-electron chi connectivity index (χ2n) is 9.20. The Morgan fingerprint density at radius 1 is 1.09 bits per heavy atom. The van der Waals surface area contributed by atoms with E-state index in [2.05, 4.69) is 22.3 Å². The molecule has 1 heterocycles. The monoisotopic (exact) mass is 490 g/mol. The third kappa shape index (κ3) is 6.37. The van der Waals surface area contributed by atoms with Gasteiger partial charge in [0.25, 0.3) is 10.0 Å². The van der Waals surface area contributed by atoms with Crippen LogP contribution in [-0.2, 0) is 21.2 Å². The van der Waals surface area contributed by atoms with E-state index in [1.54, 1.807) is 18.3 Å². The summed E-state index contributed by atoms with van der Waals surface area (Å²) in [6, 6.07) is 4.94. The van der Waals surface area contributed by atoms with E-state index in [9.17, 15) is 22.8 Å². The van der Waals surface area contributed by atoms with Gasteiger partial charge in [0.15, 0.2) is 0 Å². The molecule has 1 aliphatic heterocycles. The van der Waals surface area contributed by atoms with E-state index in [-0.39, 0.29) is 22.8 Å². The molecule has 0 aromatic heterocycles. The quantitative estimate of drug-likeness (QED) is 0.541. The second-order valence-corrected chi connectivity index (χ2v) is 10.9. The third-order valence-electron chi connectivity index (χ3n) is 6.55. The summed E-state index contributed by atoms with van der Waals surface area (Å²) >= 11 is 0. The van der Waals surface area contributed by atoms with Crippen LogP contribution in [0.25, 0.3) is 0 Å². The lowest BCUT2D eigenvalue weighted by atomic mass is 9.87. The van der Waals surface area contributed by atoms with Crippen LogP contribution in [0, 0.1) is 11.8 Å². The van der Waals surface area contributed by atoms with E-state index in [0.29, 0.717) is 25.3 Å². The molecule has 1 atom stereocenters. The van der Waals surface area contributed by atoms with Gasteiger partial charge in [-0.25, -0.2) is 27.6 Å². The van der Waals surface area contributed by atoms with Gasteiger partial charge in [0.1, 0.15) is 0 Å². The SMILES string of the molecule is CCC1C(=O)N(C(=O)NCCc2ccc(S(=O)(=O)NC(=O)NC3CCC(C)CC3)cc2)C=C1C. The van der Waals surface area contributed by atoms with Crippen LogP contribution in [0.15, 0.2) is 40.9 Å². The van der Waals surface area contributed by atoms with Crippen molar-refractivity contribution in [2.24, 2.45) is 11.8 Å². The Balaban J connectivity index is 1.47. The first kappa shape index (κ1) is 25.7. The highest BCUT2D eigenvalue weighted by atomic mass is 32.2. The fraction of sp³-hybridized carbons (Fsp3) is 0.542. The molecule has 9 nitrogen and oxygen atoms in total. The Bertz CT molecular complexity index is 1040. The maximum atomic E-state index is 12.5. The molecule has 1 aromatic carbocycles. The lowest BCUT2D eigenvalue weighted by Gasteiger charge is -2.26. The van der Waals surface area contributed by atoms with Crippen molar-refractivity contribution in [2.75, 3.05) is 6.54 Å². The number of nitrogens with zero attached hydrogens (tertiary/aromatic N) is 1. The minimum atomic E-state index is -3.98. The molecule has 1 unspecified atom stereocenters. The van der Waals surface area contributed by atoms with Gasteiger partial charge in [0.05, 0.1) is 10.8 Å². The maximum absolute atomic E-state index is 12.5. The molecule has 0 bridgehead atoms. The van der Waals surface area contributed by atoms with Crippen LogP contribution in [0.2, 0.25) is 0 Å². The van der Waals surface area contributed by atoms with Crippen LogP contribution < -0.4 is 15.4 Å². The number of hydrogen-bond acceptors (Lipinski definition) is 5. The van der Waals surface area contributed by atoms with Gasteiger partial charge in [-0.2, -0.15) is 0 Å². The Hall–Kier alpha value is -2.88. The molecule has 3 rings (SSSR count). The van der Waals surface area contributed by atoms with E-state index in [0.717, 1.165) is 41.7 Å². The molecule has 3 N–H and O–H groups in total. The highest BCUT2D eigenvalue weighted by molar-refractivity contribution is 7.90. The Morgan fingerprint density at radius 2 is 1.74 bits per heavy atom. The number of rotatable bonds is 7. The number of amides is 5. The molecule has 34 heavy (non-hydrogen) atoms. The molecule has 2 aliphatic rings. The molecule has 1 aromatic rings. The predicted molar refractivity (Wildman–Crippen MR) is 128 cm³/mol. The van der Waals surface area contributed by atoms with Crippen LogP contribution in [-0.4, -0.2) is 43.9 Å². The second kappa shape index (κ2) is 11.0. The number of carbonyl (C=O) groups is 3. The smallest absolute Gasteiger partial charge is 0.328 e. The minimum absolute atomic E-state index is 0.00731. The number of urea groups is 2. The van der Waals surface area contributed by atoms with Crippen molar-refractivity contribution in [1.29, 1.82) is 0 Å². The van der Waals surface area contributed by atoms with Crippen molar-refractivity contribution in [3.63, 3.8) is 0 Å². The first-order valence-electron chi connectivity index (χ1n) is 11.8.